The number of carbonyl (C=O) groups is 2. The highest BCUT2D eigenvalue weighted by atomic mass is 35.5. The van der Waals surface area contributed by atoms with E-state index in [2.05, 4.69) is 5.32 Å². The Morgan fingerprint density at radius 2 is 2.00 bits per heavy atom. The Morgan fingerprint density at radius 1 is 1.21 bits per heavy atom. The number of hydrogen-bond donors (Lipinski definition) is 1. The minimum absolute atomic E-state index is 0.0891. The number of imide groups is 1. The molecule has 7 heteroatoms. The van der Waals surface area contributed by atoms with E-state index in [1.54, 1.807) is 12.1 Å². The van der Waals surface area contributed by atoms with Gasteiger partial charge in [-0.05, 0) is 24.1 Å². The number of nitrogens with zero attached hydrogens (tertiary/aromatic N) is 1. The molecule has 0 saturated carbocycles. The Morgan fingerprint density at radius 3 is 2.75 bits per heavy atom. The maximum atomic E-state index is 13.4. The lowest BCUT2D eigenvalue weighted by atomic mass is 9.85. The van der Waals surface area contributed by atoms with Crippen LogP contribution in [-0.2, 0) is 28.2 Å². The molecule has 4 rings (SSSR count). The number of ether oxygens (including phenoxy) is 2. The predicted molar refractivity (Wildman–Crippen MR) is 104 cm³/mol. The molecular formula is C21H21ClN2O4. The molecule has 0 spiro atoms. The highest BCUT2D eigenvalue weighted by Crippen LogP contribution is 2.37. The fraction of sp³-hybridized carbons (Fsp3) is 0.333. The summed E-state index contributed by atoms with van der Waals surface area (Å²) in [6.07, 6.45) is 1.28. The van der Waals surface area contributed by atoms with Crippen LogP contribution in [0.25, 0.3) is 0 Å². The SMILES string of the molecule is CCC[C@]1(c2ccccc2)NC(=O)N(Cc2cc(Cl)cc3c2OCOC3)C1=O. The topological polar surface area (TPSA) is 67.9 Å². The third kappa shape index (κ3) is 3.12. The van der Waals surface area contributed by atoms with E-state index in [0.29, 0.717) is 29.4 Å². The van der Waals surface area contributed by atoms with E-state index >= 15 is 0 Å². The van der Waals surface area contributed by atoms with Crippen molar-refractivity contribution in [2.45, 2.75) is 38.5 Å². The van der Waals surface area contributed by atoms with Gasteiger partial charge in [-0.2, -0.15) is 0 Å². The Labute approximate surface area is 168 Å². The van der Waals surface area contributed by atoms with Crippen LogP contribution in [0.3, 0.4) is 0 Å². The Bertz CT molecular complexity index is 918. The molecule has 3 amide bonds. The molecule has 1 N–H and O–H groups in total. The van der Waals surface area contributed by atoms with E-state index in [-0.39, 0.29) is 19.2 Å². The van der Waals surface area contributed by atoms with E-state index < -0.39 is 11.6 Å². The minimum atomic E-state index is -1.05. The van der Waals surface area contributed by atoms with Crippen molar-refractivity contribution < 1.29 is 19.1 Å². The minimum Gasteiger partial charge on any atom is -0.467 e. The van der Waals surface area contributed by atoms with E-state index in [1.807, 2.05) is 37.3 Å². The normalized spacial score (nSPS) is 21.3. The lowest BCUT2D eigenvalue weighted by Crippen LogP contribution is -2.43. The molecule has 2 aliphatic rings. The van der Waals surface area contributed by atoms with E-state index in [9.17, 15) is 9.59 Å². The molecule has 0 unspecified atom stereocenters. The highest BCUT2D eigenvalue weighted by molar-refractivity contribution is 6.30. The maximum absolute atomic E-state index is 13.4. The number of nitrogens with one attached hydrogen (secondary N) is 1. The lowest BCUT2D eigenvalue weighted by Gasteiger charge is -2.27. The first kappa shape index (κ1) is 18.8. The summed E-state index contributed by atoms with van der Waals surface area (Å²) >= 11 is 6.23. The summed E-state index contributed by atoms with van der Waals surface area (Å²) in [5.41, 5.74) is 1.24. The van der Waals surface area contributed by atoms with Gasteiger partial charge in [0.1, 0.15) is 11.3 Å². The van der Waals surface area contributed by atoms with Crippen molar-refractivity contribution >= 4 is 23.5 Å². The molecule has 2 heterocycles. The molecule has 0 radical (unpaired) electrons. The van der Waals surface area contributed by atoms with Crippen molar-refractivity contribution in [2.24, 2.45) is 0 Å². The van der Waals surface area contributed by atoms with Crippen LogP contribution in [0.4, 0.5) is 4.79 Å². The first-order chi connectivity index (χ1) is 13.5. The van der Waals surface area contributed by atoms with Crippen LogP contribution in [0, 0.1) is 0 Å². The fourth-order valence-electron chi connectivity index (χ4n) is 3.92. The van der Waals surface area contributed by atoms with Gasteiger partial charge in [-0.25, -0.2) is 4.79 Å². The summed E-state index contributed by atoms with van der Waals surface area (Å²) in [4.78, 5) is 27.5. The first-order valence-corrected chi connectivity index (χ1v) is 9.64. The second-order valence-electron chi connectivity index (χ2n) is 7.01. The summed E-state index contributed by atoms with van der Waals surface area (Å²) in [5, 5.41) is 3.45. The second kappa shape index (κ2) is 7.45. The van der Waals surface area contributed by atoms with Gasteiger partial charge in [0.2, 0.25) is 0 Å². The molecular weight excluding hydrogens is 380 g/mol. The number of benzene rings is 2. The molecule has 28 heavy (non-hydrogen) atoms. The van der Waals surface area contributed by atoms with Crippen molar-refractivity contribution in [2.75, 3.05) is 6.79 Å². The van der Waals surface area contributed by atoms with Crippen molar-refractivity contribution in [3.8, 4) is 5.75 Å². The average molecular weight is 401 g/mol. The highest BCUT2D eigenvalue weighted by Gasteiger charge is 2.51. The molecule has 1 fully saturated rings. The molecule has 0 aromatic heterocycles. The molecule has 0 aliphatic carbocycles. The largest absolute Gasteiger partial charge is 0.467 e. The lowest BCUT2D eigenvalue weighted by molar-refractivity contribution is -0.132. The van der Waals surface area contributed by atoms with Crippen molar-refractivity contribution in [1.82, 2.24) is 10.2 Å². The van der Waals surface area contributed by atoms with Gasteiger partial charge in [-0.1, -0.05) is 55.3 Å². The summed E-state index contributed by atoms with van der Waals surface area (Å²) in [7, 11) is 0. The fourth-order valence-corrected chi connectivity index (χ4v) is 4.18. The molecule has 2 aliphatic heterocycles. The molecule has 1 saturated heterocycles. The Kier molecular flexibility index (Phi) is 5.00. The third-order valence-corrected chi connectivity index (χ3v) is 5.37. The number of halogens is 1. The van der Waals surface area contributed by atoms with Crippen LogP contribution in [0.5, 0.6) is 5.75 Å². The van der Waals surface area contributed by atoms with Gasteiger partial charge in [-0.15, -0.1) is 0 Å². The standard InChI is InChI=1S/C21H21ClN2O4/c1-2-8-21(16-6-4-3-5-7-16)19(25)24(20(26)23-21)11-14-9-17(22)10-15-12-27-13-28-18(14)15/h3-7,9-10H,2,8,11-13H2,1H3,(H,23,26)/t21-/m1/s1. The number of urea groups is 1. The zero-order chi connectivity index (χ0) is 19.7. The van der Waals surface area contributed by atoms with E-state index in [4.69, 9.17) is 21.1 Å². The van der Waals surface area contributed by atoms with Gasteiger partial charge in [0, 0.05) is 16.1 Å². The summed E-state index contributed by atoms with van der Waals surface area (Å²) in [5.74, 6) is 0.371. The van der Waals surface area contributed by atoms with Crippen molar-refractivity contribution in [3.63, 3.8) is 0 Å². The third-order valence-electron chi connectivity index (χ3n) is 5.15. The monoisotopic (exact) mass is 400 g/mol. The maximum Gasteiger partial charge on any atom is 0.325 e. The van der Waals surface area contributed by atoms with Gasteiger partial charge in [0.25, 0.3) is 5.91 Å². The van der Waals surface area contributed by atoms with Gasteiger partial charge in [-0.3, -0.25) is 9.69 Å². The van der Waals surface area contributed by atoms with E-state index in [0.717, 1.165) is 17.5 Å². The summed E-state index contributed by atoms with van der Waals surface area (Å²) in [6, 6.07) is 12.5. The van der Waals surface area contributed by atoms with Crippen molar-refractivity contribution in [3.05, 3.63) is 64.2 Å². The van der Waals surface area contributed by atoms with Crippen LogP contribution in [0.2, 0.25) is 5.02 Å². The number of rotatable bonds is 5. The van der Waals surface area contributed by atoms with Gasteiger partial charge in [0.15, 0.2) is 6.79 Å². The summed E-state index contributed by atoms with van der Waals surface area (Å²) < 4.78 is 10.9. The number of amides is 3. The predicted octanol–water partition coefficient (Wildman–Crippen LogP) is 3.95. The molecule has 1 atom stereocenters. The Hall–Kier alpha value is -2.57. The summed E-state index contributed by atoms with van der Waals surface area (Å²) in [6.45, 7) is 2.60. The Balaban J connectivity index is 1.70. The first-order valence-electron chi connectivity index (χ1n) is 9.26. The average Bonchev–Trinajstić information content (AvgIpc) is 2.94. The van der Waals surface area contributed by atoms with E-state index in [1.165, 1.54) is 4.90 Å². The molecule has 2 aromatic carbocycles. The zero-order valence-electron chi connectivity index (χ0n) is 15.5. The van der Waals surface area contributed by atoms with Crippen LogP contribution >= 0.6 is 11.6 Å². The van der Waals surface area contributed by atoms with Crippen LogP contribution in [-0.4, -0.2) is 23.6 Å². The smallest absolute Gasteiger partial charge is 0.325 e. The van der Waals surface area contributed by atoms with Crippen molar-refractivity contribution in [1.29, 1.82) is 0 Å². The molecule has 146 valence electrons. The molecule has 6 nitrogen and oxygen atoms in total. The van der Waals surface area contributed by atoms with Gasteiger partial charge >= 0.3 is 6.03 Å². The number of fused-ring (bicyclic) bond motifs is 1. The van der Waals surface area contributed by atoms with Gasteiger partial charge < -0.3 is 14.8 Å². The second-order valence-corrected chi connectivity index (χ2v) is 7.44. The molecule has 0 bridgehead atoms. The number of hydrogen-bond acceptors (Lipinski definition) is 4. The zero-order valence-corrected chi connectivity index (χ0v) is 16.3. The van der Waals surface area contributed by atoms with Gasteiger partial charge in [0.05, 0.1) is 13.2 Å². The van der Waals surface area contributed by atoms with Crippen LogP contribution in [0.1, 0.15) is 36.5 Å². The van der Waals surface area contributed by atoms with Crippen LogP contribution < -0.4 is 10.1 Å². The molecule has 2 aromatic rings. The quantitative estimate of drug-likeness (QED) is 0.771. The number of carbonyl (C=O) groups excluding carboxylic acids is 2. The van der Waals surface area contributed by atoms with Crippen LogP contribution in [0.15, 0.2) is 42.5 Å².